The van der Waals surface area contributed by atoms with Crippen LogP contribution >= 0.6 is 34.4 Å². The average Bonchev–Trinajstić information content (AvgIpc) is 3.40. The van der Waals surface area contributed by atoms with Gasteiger partial charge in [0.1, 0.15) is 21.9 Å². The topological polar surface area (TPSA) is 77.0 Å². The third-order valence-corrected chi connectivity index (χ3v) is 7.85. The second-order valence-electron chi connectivity index (χ2n) is 6.63. The minimum Gasteiger partial charge on any atom is -0.494 e. The van der Waals surface area contributed by atoms with Crippen LogP contribution in [0.15, 0.2) is 29.6 Å². The van der Waals surface area contributed by atoms with Crippen LogP contribution in [-0.2, 0) is 17.6 Å². The number of rotatable bonds is 6. The van der Waals surface area contributed by atoms with Crippen LogP contribution in [0.2, 0.25) is 0 Å². The summed E-state index contributed by atoms with van der Waals surface area (Å²) in [6, 6.07) is 5.76. The Morgan fingerprint density at radius 1 is 1.28 bits per heavy atom. The number of thiazole rings is 1. The molecule has 0 unspecified atom stereocenters. The summed E-state index contributed by atoms with van der Waals surface area (Å²) in [5.41, 5.74) is 2.23. The summed E-state index contributed by atoms with van der Waals surface area (Å²) >= 11 is 4.68. The van der Waals surface area contributed by atoms with Crippen molar-refractivity contribution in [2.75, 3.05) is 17.7 Å². The number of anilines is 1. The van der Waals surface area contributed by atoms with Crippen LogP contribution < -0.4 is 10.1 Å². The maximum atomic E-state index is 12.5. The fourth-order valence-electron chi connectivity index (χ4n) is 3.51. The summed E-state index contributed by atoms with van der Waals surface area (Å²) in [6.45, 7) is 2.57. The number of hydrogen-bond donors (Lipinski definition) is 1. The van der Waals surface area contributed by atoms with Crippen molar-refractivity contribution in [1.82, 2.24) is 15.0 Å². The van der Waals surface area contributed by atoms with Gasteiger partial charge in [-0.15, -0.1) is 11.3 Å². The van der Waals surface area contributed by atoms with Gasteiger partial charge in [-0.05, 0) is 49.9 Å². The van der Waals surface area contributed by atoms with Crippen LogP contribution in [0, 0.1) is 0 Å². The van der Waals surface area contributed by atoms with Gasteiger partial charge in [0.05, 0.1) is 22.6 Å². The van der Waals surface area contributed by atoms with Gasteiger partial charge >= 0.3 is 0 Å². The molecule has 0 bridgehead atoms. The number of amides is 1. The lowest BCUT2D eigenvalue weighted by Crippen LogP contribution is -2.13. The predicted octanol–water partition coefficient (Wildman–Crippen LogP) is 4.92. The van der Waals surface area contributed by atoms with Gasteiger partial charge in [-0.3, -0.25) is 4.79 Å². The van der Waals surface area contributed by atoms with Gasteiger partial charge < -0.3 is 10.1 Å². The first-order chi connectivity index (χ1) is 14.2. The predicted molar refractivity (Wildman–Crippen MR) is 120 cm³/mol. The van der Waals surface area contributed by atoms with E-state index < -0.39 is 0 Å². The van der Waals surface area contributed by atoms with Gasteiger partial charge in [-0.2, -0.15) is 0 Å². The number of aromatic nitrogens is 3. The molecule has 3 heterocycles. The van der Waals surface area contributed by atoms with Crippen LogP contribution in [0.4, 0.5) is 5.13 Å². The summed E-state index contributed by atoms with van der Waals surface area (Å²) in [7, 11) is 0. The first-order valence-corrected chi connectivity index (χ1v) is 12.0. The van der Waals surface area contributed by atoms with Gasteiger partial charge in [0.25, 0.3) is 0 Å². The van der Waals surface area contributed by atoms with Crippen LogP contribution in [0.5, 0.6) is 5.75 Å². The Kier molecular flexibility index (Phi) is 5.11. The number of thioether (sulfide) groups is 1. The number of benzene rings is 1. The lowest BCUT2D eigenvalue weighted by atomic mass is 10.2. The molecule has 148 valence electrons. The average molecular weight is 443 g/mol. The number of aryl methyl sites for hydroxylation is 2. The molecule has 1 aliphatic rings. The smallest absolute Gasteiger partial charge is 0.236 e. The highest BCUT2D eigenvalue weighted by Crippen LogP contribution is 2.40. The van der Waals surface area contributed by atoms with E-state index >= 15 is 0 Å². The minimum absolute atomic E-state index is 0.0854. The van der Waals surface area contributed by atoms with Gasteiger partial charge in [-0.25, -0.2) is 15.0 Å². The van der Waals surface area contributed by atoms with E-state index in [0.717, 1.165) is 44.1 Å². The highest BCUT2D eigenvalue weighted by molar-refractivity contribution is 8.00. The van der Waals surface area contributed by atoms with Crippen LogP contribution in [0.1, 0.15) is 23.8 Å². The maximum Gasteiger partial charge on any atom is 0.236 e. The summed E-state index contributed by atoms with van der Waals surface area (Å²) in [5.74, 6) is 1.02. The Morgan fingerprint density at radius 2 is 2.21 bits per heavy atom. The Bertz CT molecular complexity index is 1220. The highest BCUT2D eigenvalue weighted by Gasteiger charge is 2.21. The van der Waals surface area contributed by atoms with Gasteiger partial charge in [-0.1, -0.05) is 23.1 Å². The van der Waals surface area contributed by atoms with E-state index in [0.29, 0.717) is 11.7 Å². The third kappa shape index (κ3) is 3.70. The zero-order valence-electron chi connectivity index (χ0n) is 15.7. The van der Waals surface area contributed by atoms with Crippen molar-refractivity contribution in [3.63, 3.8) is 0 Å². The van der Waals surface area contributed by atoms with Crippen LogP contribution in [-0.4, -0.2) is 33.2 Å². The summed E-state index contributed by atoms with van der Waals surface area (Å²) in [5, 5.41) is 5.56. The molecular formula is C20H18N4O2S3. The lowest BCUT2D eigenvalue weighted by molar-refractivity contribution is -0.113. The largest absolute Gasteiger partial charge is 0.494 e. The fourth-order valence-corrected chi connectivity index (χ4v) is 6.54. The first-order valence-electron chi connectivity index (χ1n) is 9.42. The van der Waals surface area contributed by atoms with E-state index in [9.17, 15) is 4.79 Å². The van der Waals surface area contributed by atoms with Crippen molar-refractivity contribution in [2.24, 2.45) is 0 Å². The van der Waals surface area contributed by atoms with E-state index in [1.807, 2.05) is 25.1 Å². The Labute approximate surface area is 179 Å². The van der Waals surface area contributed by atoms with Crippen molar-refractivity contribution in [3.05, 3.63) is 35.0 Å². The lowest BCUT2D eigenvalue weighted by Gasteiger charge is -2.04. The van der Waals surface area contributed by atoms with Crippen molar-refractivity contribution < 1.29 is 9.53 Å². The number of thiophene rings is 1. The monoisotopic (exact) mass is 442 g/mol. The standard InChI is InChI=1S/C20H18N4O2S3/c1-2-26-11-6-7-13-15(8-11)29-20(23-13)24-16(25)9-27-18-17-12-4-3-5-14(12)28-19(17)22-10-21-18/h6-8,10H,2-5,9H2,1H3,(H,23,24,25). The fraction of sp³-hybridized carbons (Fsp3) is 0.300. The molecule has 5 rings (SSSR count). The minimum atomic E-state index is -0.0854. The summed E-state index contributed by atoms with van der Waals surface area (Å²) < 4.78 is 6.52. The third-order valence-electron chi connectivity index (χ3n) is 4.72. The SMILES string of the molecule is CCOc1ccc2nc(NC(=O)CSc3ncnc4sc5c(c34)CCC5)sc2c1. The van der Waals surface area contributed by atoms with Crippen molar-refractivity contribution in [3.8, 4) is 5.75 Å². The molecule has 0 spiro atoms. The molecule has 1 aliphatic carbocycles. The second kappa shape index (κ2) is 7.89. The molecule has 3 aromatic heterocycles. The molecule has 1 N–H and O–H groups in total. The number of nitrogens with zero attached hydrogens (tertiary/aromatic N) is 3. The number of carbonyl (C=O) groups is 1. The molecule has 4 aromatic rings. The number of fused-ring (bicyclic) bond motifs is 4. The molecule has 29 heavy (non-hydrogen) atoms. The normalized spacial score (nSPS) is 13.1. The molecule has 0 aliphatic heterocycles. The van der Waals surface area contributed by atoms with Crippen LogP contribution in [0.3, 0.4) is 0 Å². The Hall–Kier alpha value is -2.23. The highest BCUT2D eigenvalue weighted by atomic mass is 32.2. The van der Waals surface area contributed by atoms with E-state index in [4.69, 9.17) is 4.74 Å². The van der Waals surface area contributed by atoms with E-state index in [-0.39, 0.29) is 11.7 Å². The molecule has 0 saturated carbocycles. The second-order valence-corrected chi connectivity index (χ2v) is 9.71. The molecule has 0 radical (unpaired) electrons. The molecule has 1 aromatic carbocycles. The zero-order chi connectivity index (χ0) is 19.8. The molecule has 6 nitrogen and oxygen atoms in total. The van der Waals surface area contributed by atoms with Crippen molar-refractivity contribution in [2.45, 2.75) is 31.2 Å². The Balaban J connectivity index is 1.29. The number of hydrogen-bond acceptors (Lipinski definition) is 8. The van der Waals surface area contributed by atoms with E-state index in [1.54, 1.807) is 17.7 Å². The maximum absolute atomic E-state index is 12.5. The molecule has 0 saturated heterocycles. The summed E-state index contributed by atoms with van der Waals surface area (Å²) in [6.07, 6.45) is 5.00. The number of ether oxygens (including phenoxy) is 1. The van der Waals surface area contributed by atoms with Gasteiger partial charge in [0, 0.05) is 10.3 Å². The molecular weight excluding hydrogens is 424 g/mol. The quantitative estimate of drug-likeness (QED) is 0.337. The van der Waals surface area contributed by atoms with Crippen molar-refractivity contribution >= 4 is 65.9 Å². The van der Waals surface area contributed by atoms with Crippen LogP contribution in [0.25, 0.3) is 20.4 Å². The van der Waals surface area contributed by atoms with Gasteiger partial charge in [0.2, 0.25) is 5.91 Å². The number of nitrogens with one attached hydrogen (secondary N) is 1. The van der Waals surface area contributed by atoms with Crippen molar-refractivity contribution in [1.29, 1.82) is 0 Å². The molecule has 0 atom stereocenters. The van der Waals surface area contributed by atoms with Gasteiger partial charge in [0.15, 0.2) is 5.13 Å². The molecule has 0 fully saturated rings. The first kappa shape index (κ1) is 18.8. The van der Waals surface area contributed by atoms with E-state index in [2.05, 4.69) is 20.3 Å². The molecule has 1 amide bonds. The molecule has 9 heteroatoms. The summed E-state index contributed by atoms with van der Waals surface area (Å²) in [4.78, 5) is 28.3. The van der Waals surface area contributed by atoms with E-state index in [1.165, 1.54) is 40.0 Å². The Morgan fingerprint density at radius 3 is 3.10 bits per heavy atom. The zero-order valence-corrected chi connectivity index (χ0v) is 18.2. The number of carbonyl (C=O) groups excluding carboxylic acids is 1.